The third kappa shape index (κ3) is 4.88. The monoisotopic (exact) mass is 407 g/mol. The van der Waals surface area contributed by atoms with E-state index in [1.165, 1.54) is 24.3 Å². The molecule has 1 heterocycles. The number of benzene rings is 2. The van der Waals surface area contributed by atoms with Gasteiger partial charge in [0.2, 0.25) is 5.91 Å². The molecule has 1 atom stereocenters. The molecule has 8 nitrogen and oxygen atoms in total. The largest absolute Gasteiger partial charge is 0.416 e. The number of hydrogen-bond acceptors (Lipinski definition) is 5. The lowest BCUT2D eigenvalue weighted by Gasteiger charge is -2.16. The van der Waals surface area contributed by atoms with Crippen molar-refractivity contribution in [3.63, 3.8) is 0 Å². The van der Waals surface area contributed by atoms with Gasteiger partial charge in [-0.05, 0) is 35.9 Å². The van der Waals surface area contributed by atoms with E-state index in [2.05, 4.69) is 26.0 Å². The van der Waals surface area contributed by atoms with Crippen molar-refractivity contribution < 1.29 is 27.9 Å². The van der Waals surface area contributed by atoms with Crippen LogP contribution in [0.15, 0.2) is 42.5 Å². The maximum atomic E-state index is 12.6. The Morgan fingerprint density at radius 3 is 2.41 bits per heavy atom. The molecule has 0 bridgehead atoms. The molecule has 0 aliphatic carbocycles. The van der Waals surface area contributed by atoms with E-state index in [1.807, 2.05) is 0 Å². The third-order valence-electron chi connectivity index (χ3n) is 4.13. The first kappa shape index (κ1) is 20.3. The fourth-order valence-corrected chi connectivity index (χ4v) is 2.54. The van der Waals surface area contributed by atoms with Crippen molar-refractivity contribution in [2.75, 3.05) is 6.61 Å². The number of rotatable bonds is 6. The van der Waals surface area contributed by atoms with Gasteiger partial charge in [0.1, 0.15) is 17.1 Å². The van der Waals surface area contributed by atoms with Crippen LogP contribution in [0.3, 0.4) is 0 Å². The summed E-state index contributed by atoms with van der Waals surface area (Å²) in [4.78, 5) is 24.5. The summed E-state index contributed by atoms with van der Waals surface area (Å²) in [5.41, 5.74) is 0.892. The summed E-state index contributed by atoms with van der Waals surface area (Å²) in [6.07, 6.45) is -4.44. The lowest BCUT2D eigenvalue weighted by Crippen LogP contribution is -2.48. The highest BCUT2D eigenvalue weighted by molar-refractivity contribution is 5.99. The van der Waals surface area contributed by atoms with Crippen LogP contribution >= 0.6 is 0 Å². The minimum Gasteiger partial charge on any atom is -0.394 e. The second kappa shape index (κ2) is 8.27. The van der Waals surface area contributed by atoms with Gasteiger partial charge in [-0.2, -0.15) is 28.6 Å². The molecule has 3 aromatic rings. The molecular weight excluding hydrogens is 391 g/mol. The number of aromatic amines is 1. The van der Waals surface area contributed by atoms with E-state index in [9.17, 15) is 27.9 Å². The van der Waals surface area contributed by atoms with Crippen molar-refractivity contribution in [1.29, 1.82) is 0 Å². The Balaban J connectivity index is 1.59. The zero-order chi connectivity index (χ0) is 21.0. The highest BCUT2D eigenvalue weighted by Crippen LogP contribution is 2.29. The first-order valence-corrected chi connectivity index (χ1v) is 8.44. The van der Waals surface area contributed by atoms with E-state index in [4.69, 9.17) is 0 Å². The quantitative estimate of drug-likeness (QED) is 0.492. The van der Waals surface area contributed by atoms with Gasteiger partial charge in [-0.1, -0.05) is 12.1 Å². The summed E-state index contributed by atoms with van der Waals surface area (Å²) in [6.45, 7) is -0.717. The zero-order valence-corrected chi connectivity index (χ0v) is 14.8. The molecule has 0 aliphatic rings. The number of aromatic nitrogens is 3. The highest BCUT2D eigenvalue weighted by atomic mass is 19.4. The van der Waals surface area contributed by atoms with Crippen LogP contribution in [0.1, 0.15) is 21.5 Å². The summed E-state index contributed by atoms with van der Waals surface area (Å²) >= 11 is 0. The van der Waals surface area contributed by atoms with Crippen molar-refractivity contribution in [3.8, 4) is 0 Å². The Kier molecular flexibility index (Phi) is 5.78. The normalized spacial score (nSPS) is 12.6. The number of aliphatic hydroxyl groups excluding tert-OH is 1. The van der Waals surface area contributed by atoms with Gasteiger partial charge in [-0.3, -0.25) is 9.59 Å². The van der Waals surface area contributed by atoms with Crippen molar-refractivity contribution in [2.24, 2.45) is 0 Å². The number of carbonyl (C=O) groups excluding carboxylic acids is 2. The summed E-state index contributed by atoms with van der Waals surface area (Å²) in [5, 5.41) is 24.4. The van der Waals surface area contributed by atoms with Crippen LogP contribution in [0.25, 0.3) is 11.0 Å². The molecule has 11 heteroatoms. The minimum absolute atomic E-state index is 0.0613. The molecule has 4 N–H and O–H groups in total. The SMILES string of the molecule is O=C(NC(CO)C(=O)NCc1ccc(C(F)(F)F)cc1)c1ccc2n[nH]nc2c1. The summed E-state index contributed by atoms with van der Waals surface area (Å²) in [6, 6.07) is 7.61. The van der Waals surface area contributed by atoms with E-state index < -0.39 is 36.2 Å². The van der Waals surface area contributed by atoms with Gasteiger partial charge >= 0.3 is 6.18 Å². The topological polar surface area (TPSA) is 120 Å². The molecule has 0 radical (unpaired) electrons. The molecule has 0 aliphatic heterocycles. The average Bonchev–Trinajstić information content (AvgIpc) is 3.17. The first-order chi connectivity index (χ1) is 13.8. The van der Waals surface area contributed by atoms with Crippen molar-refractivity contribution in [3.05, 3.63) is 59.2 Å². The molecule has 0 saturated carbocycles. The number of carbonyl (C=O) groups is 2. The number of halogens is 3. The molecule has 0 saturated heterocycles. The van der Waals surface area contributed by atoms with Crippen LogP contribution in [0, 0.1) is 0 Å². The van der Waals surface area contributed by atoms with Crippen LogP contribution in [0.5, 0.6) is 0 Å². The third-order valence-corrected chi connectivity index (χ3v) is 4.13. The summed E-state index contributed by atoms with van der Waals surface area (Å²) in [5.74, 6) is -1.28. The average molecular weight is 407 g/mol. The van der Waals surface area contributed by atoms with Crippen molar-refractivity contribution >= 4 is 22.8 Å². The second-order valence-electron chi connectivity index (χ2n) is 6.15. The lowest BCUT2D eigenvalue weighted by atomic mass is 10.1. The number of alkyl halides is 3. The Hall–Kier alpha value is -3.47. The second-order valence-corrected chi connectivity index (χ2v) is 6.15. The Morgan fingerprint density at radius 1 is 1.07 bits per heavy atom. The number of amides is 2. The maximum absolute atomic E-state index is 12.6. The van der Waals surface area contributed by atoms with Gasteiger partial charge in [0, 0.05) is 12.1 Å². The molecule has 0 fully saturated rings. The zero-order valence-electron chi connectivity index (χ0n) is 14.8. The number of hydrogen-bond donors (Lipinski definition) is 4. The van der Waals surface area contributed by atoms with E-state index in [1.54, 1.807) is 6.07 Å². The minimum atomic E-state index is -4.44. The smallest absolute Gasteiger partial charge is 0.394 e. The van der Waals surface area contributed by atoms with E-state index in [-0.39, 0.29) is 12.1 Å². The van der Waals surface area contributed by atoms with Crippen LogP contribution in [0.4, 0.5) is 13.2 Å². The summed E-state index contributed by atoms with van der Waals surface area (Å²) < 4.78 is 37.7. The standard InChI is InChI=1S/C18H16F3N5O3/c19-18(20,21)12-4-1-10(2-5-12)8-22-17(29)15(9-27)23-16(28)11-3-6-13-14(7-11)25-26-24-13/h1-7,15,27H,8-9H2,(H,22,29)(H,23,28)(H,24,25,26). The fraction of sp³-hybridized carbons (Fsp3) is 0.222. The molecule has 1 aromatic heterocycles. The van der Waals surface area contributed by atoms with Crippen LogP contribution in [-0.2, 0) is 17.5 Å². The molecule has 0 spiro atoms. The summed E-state index contributed by atoms with van der Waals surface area (Å²) in [7, 11) is 0. The number of nitrogens with zero attached hydrogens (tertiary/aromatic N) is 2. The predicted molar refractivity (Wildman–Crippen MR) is 95.5 cm³/mol. The van der Waals surface area contributed by atoms with Gasteiger partial charge < -0.3 is 15.7 Å². The van der Waals surface area contributed by atoms with Crippen LogP contribution < -0.4 is 10.6 Å². The van der Waals surface area contributed by atoms with Gasteiger partial charge in [-0.25, -0.2) is 0 Å². The number of aliphatic hydroxyl groups is 1. The van der Waals surface area contributed by atoms with Gasteiger partial charge in [0.15, 0.2) is 0 Å². The molecule has 1 unspecified atom stereocenters. The Bertz CT molecular complexity index is 1020. The molecule has 2 aromatic carbocycles. The Morgan fingerprint density at radius 2 is 1.76 bits per heavy atom. The first-order valence-electron chi connectivity index (χ1n) is 8.44. The number of H-pyrrole nitrogens is 1. The molecule has 3 rings (SSSR count). The van der Waals surface area contributed by atoms with Crippen molar-refractivity contribution in [1.82, 2.24) is 26.0 Å². The van der Waals surface area contributed by atoms with Crippen LogP contribution in [0.2, 0.25) is 0 Å². The van der Waals surface area contributed by atoms with Gasteiger partial charge in [-0.15, -0.1) is 0 Å². The van der Waals surface area contributed by atoms with Crippen LogP contribution in [-0.4, -0.2) is 45.0 Å². The number of nitrogens with one attached hydrogen (secondary N) is 3. The number of fused-ring (bicyclic) bond motifs is 1. The lowest BCUT2D eigenvalue weighted by molar-refractivity contribution is -0.137. The molecule has 29 heavy (non-hydrogen) atoms. The van der Waals surface area contributed by atoms with Gasteiger partial charge in [0.25, 0.3) is 5.91 Å². The Labute approximate surface area is 162 Å². The van der Waals surface area contributed by atoms with Gasteiger partial charge in [0.05, 0.1) is 12.2 Å². The van der Waals surface area contributed by atoms with E-state index in [0.717, 1.165) is 12.1 Å². The molecule has 2 amide bonds. The molecular formula is C18H16F3N5O3. The van der Waals surface area contributed by atoms with Crippen molar-refractivity contribution in [2.45, 2.75) is 18.8 Å². The fourth-order valence-electron chi connectivity index (χ4n) is 2.54. The highest BCUT2D eigenvalue weighted by Gasteiger charge is 2.30. The predicted octanol–water partition coefficient (Wildman–Crippen LogP) is 1.38. The maximum Gasteiger partial charge on any atom is 0.416 e. The molecule has 152 valence electrons. The van der Waals surface area contributed by atoms with E-state index in [0.29, 0.717) is 16.6 Å². The van der Waals surface area contributed by atoms with E-state index >= 15 is 0 Å².